The number of carbonyl (C=O) groups is 2. The smallest absolute Gasteiger partial charge is 0.251 e. The molecule has 168 valence electrons. The normalized spacial score (nSPS) is 12.9. The Labute approximate surface area is 191 Å². The van der Waals surface area contributed by atoms with Crippen LogP contribution in [0, 0.1) is 5.82 Å². The number of benzene rings is 1. The number of fused-ring (bicyclic) bond motifs is 1. The number of rotatable bonds is 8. The molecule has 2 heterocycles. The molecule has 4 rings (SSSR count). The molecule has 2 aromatic heterocycles. The highest BCUT2D eigenvalue weighted by Crippen LogP contribution is 2.38. The van der Waals surface area contributed by atoms with E-state index < -0.39 is 11.7 Å². The first-order valence-electron chi connectivity index (χ1n) is 9.87. The number of halogens is 1. The molecule has 0 spiro atoms. The number of nitrogen functional groups attached to an aromatic ring is 1. The van der Waals surface area contributed by atoms with Crippen LogP contribution in [0.1, 0.15) is 39.5 Å². The maximum Gasteiger partial charge on any atom is 0.251 e. The van der Waals surface area contributed by atoms with Crippen molar-refractivity contribution in [3.63, 3.8) is 0 Å². The molecule has 0 fully saturated rings. The molecule has 0 aliphatic heterocycles. The molecule has 0 saturated heterocycles. The van der Waals surface area contributed by atoms with Gasteiger partial charge in [0.25, 0.3) is 5.91 Å². The Morgan fingerprint density at radius 1 is 1.25 bits per heavy atom. The van der Waals surface area contributed by atoms with E-state index in [1.165, 1.54) is 28.1 Å². The predicted molar refractivity (Wildman–Crippen MR) is 120 cm³/mol. The Morgan fingerprint density at radius 3 is 2.81 bits per heavy atom. The van der Waals surface area contributed by atoms with Crippen LogP contribution in [0.5, 0.6) is 5.75 Å². The Hall–Kier alpha value is -3.12. The van der Waals surface area contributed by atoms with Gasteiger partial charge in [-0.2, -0.15) is 0 Å². The summed E-state index contributed by atoms with van der Waals surface area (Å²) in [6.07, 6.45) is 3.74. The van der Waals surface area contributed by atoms with E-state index >= 15 is 0 Å². The first-order chi connectivity index (χ1) is 15.4. The van der Waals surface area contributed by atoms with Crippen molar-refractivity contribution in [1.29, 1.82) is 0 Å². The fourth-order valence-corrected chi connectivity index (χ4v) is 5.40. The molecular formula is C20H21FN6O3S2. The maximum absolute atomic E-state index is 13.7. The van der Waals surface area contributed by atoms with Crippen LogP contribution in [-0.2, 0) is 24.2 Å². The predicted octanol–water partition coefficient (Wildman–Crippen LogP) is 2.48. The second-order valence-electron chi connectivity index (χ2n) is 7.10. The summed E-state index contributed by atoms with van der Waals surface area (Å²) in [7, 11) is 0. The van der Waals surface area contributed by atoms with Crippen molar-refractivity contribution in [2.75, 3.05) is 16.9 Å². The Bertz CT molecular complexity index is 1160. The molecule has 3 aromatic rings. The molecule has 9 nitrogen and oxygen atoms in total. The van der Waals surface area contributed by atoms with Crippen molar-refractivity contribution >= 4 is 39.9 Å². The van der Waals surface area contributed by atoms with Gasteiger partial charge in [-0.15, -0.1) is 21.5 Å². The van der Waals surface area contributed by atoms with Gasteiger partial charge in [0.2, 0.25) is 11.1 Å². The number of amides is 2. The van der Waals surface area contributed by atoms with E-state index in [0.29, 0.717) is 15.7 Å². The number of carbonyl (C=O) groups excluding carboxylic acids is 2. The summed E-state index contributed by atoms with van der Waals surface area (Å²) < 4.78 is 20.2. The highest BCUT2D eigenvalue weighted by atomic mass is 32.2. The van der Waals surface area contributed by atoms with Crippen molar-refractivity contribution in [1.82, 2.24) is 14.9 Å². The van der Waals surface area contributed by atoms with E-state index in [2.05, 4.69) is 15.5 Å². The van der Waals surface area contributed by atoms with E-state index in [1.807, 2.05) is 0 Å². The van der Waals surface area contributed by atoms with Crippen molar-refractivity contribution < 1.29 is 18.7 Å². The average molecular weight is 477 g/mol. The zero-order valence-corrected chi connectivity index (χ0v) is 18.6. The van der Waals surface area contributed by atoms with E-state index in [4.69, 9.17) is 16.3 Å². The van der Waals surface area contributed by atoms with Crippen LogP contribution < -0.4 is 21.6 Å². The fraction of sp³-hybridized carbons (Fsp3) is 0.300. The number of aryl methyl sites for hydroxylation is 1. The van der Waals surface area contributed by atoms with Crippen molar-refractivity contribution in [3.05, 3.63) is 51.9 Å². The lowest BCUT2D eigenvalue weighted by molar-refractivity contribution is -0.113. The third kappa shape index (κ3) is 4.70. The number of primary amides is 1. The summed E-state index contributed by atoms with van der Waals surface area (Å²) in [6, 6.07) is 6.00. The molecule has 0 saturated carbocycles. The number of hydrogen-bond donors (Lipinski definition) is 3. The summed E-state index contributed by atoms with van der Waals surface area (Å²) in [5.74, 6) is 4.99. The molecule has 1 aliphatic carbocycles. The highest BCUT2D eigenvalue weighted by molar-refractivity contribution is 7.99. The molecule has 0 atom stereocenters. The van der Waals surface area contributed by atoms with Gasteiger partial charge in [-0.05, 0) is 43.4 Å². The highest BCUT2D eigenvalue weighted by Gasteiger charge is 2.25. The summed E-state index contributed by atoms with van der Waals surface area (Å²) in [5.41, 5.74) is 6.93. The number of aromatic nitrogens is 3. The number of para-hydroxylation sites is 1. The van der Waals surface area contributed by atoms with Crippen molar-refractivity contribution in [3.8, 4) is 5.75 Å². The Balaban J connectivity index is 1.36. The lowest BCUT2D eigenvalue weighted by Crippen LogP contribution is -2.20. The molecular weight excluding hydrogens is 455 g/mol. The molecule has 1 aliphatic rings. The number of anilines is 1. The Kier molecular flexibility index (Phi) is 6.61. The maximum atomic E-state index is 13.7. The number of hydrogen-bond acceptors (Lipinski definition) is 8. The number of nitrogens with two attached hydrogens (primary N) is 2. The van der Waals surface area contributed by atoms with Gasteiger partial charge < -0.3 is 21.6 Å². The minimum Gasteiger partial charge on any atom is -0.482 e. The summed E-state index contributed by atoms with van der Waals surface area (Å²) in [5, 5.41) is 11.5. The quantitative estimate of drug-likeness (QED) is 0.335. The third-order valence-corrected chi connectivity index (χ3v) is 7.08. The van der Waals surface area contributed by atoms with Crippen LogP contribution in [0.2, 0.25) is 0 Å². The average Bonchev–Trinajstić information content (AvgIpc) is 3.31. The number of thioether (sulfide) groups is 1. The van der Waals surface area contributed by atoms with Gasteiger partial charge in [0.1, 0.15) is 11.6 Å². The van der Waals surface area contributed by atoms with E-state index in [-0.39, 0.29) is 29.8 Å². The van der Waals surface area contributed by atoms with Crippen LogP contribution in [0.4, 0.5) is 9.39 Å². The van der Waals surface area contributed by atoms with Gasteiger partial charge in [-0.3, -0.25) is 9.59 Å². The molecule has 0 unspecified atom stereocenters. The molecule has 2 amide bonds. The third-order valence-electron chi connectivity index (χ3n) is 4.93. The number of thiophene rings is 1. The van der Waals surface area contributed by atoms with Gasteiger partial charge in [-0.1, -0.05) is 23.9 Å². The van der Waals surface area contributed by atoms with Gasteiger partial charge in [0.15, 0.2) is 17.4 Å². The molecule has 32 heavy (non-hydrogen) atoms. The van der Waals surface area contributed by atoms with Gasteiger partial charge in [0, 0.05) is 4.88 Å². The lowest BCUT2D eigenvalue weighted by atomic mass is 9.95. The second-order valence-corrected chi connectivity index (χ2v) is 9.15. The zero-order chi connectivity index (χ0) is 22.7. The lowest BCUT2D eigenvalue weighted by Gasteiger charge is -2.11. The molecule has 5 N–H and O–H groups in total. The van der Waals surface area contributed by atoms with E-state index in [9.17, 15) is 14.0 Å². The van der Waals surface area contributed by atoms with Crippen LogP contribution in [0.25, 0.3) is 0 Å². The standard InChI is InChI=1S/C20H21FN6O3S2/c21-12-6-2-3-7-13(12)30-9-15-25-26-20(27(15)23)31-10-16(28)24-19-17(18(22)29)11-5-1-4-8-14(11)32-19/h2-3,6-7H,1,4-5,8-10,23H2,(H2,22,29)(H,24,28). The largest absolute Gasteiger partial charge is 0.482 e. The van der Waals surface area contributed by atoms with Crippen LogP contribution in [-0.4, -0.2) is 32.4 Å². The first-order valence-corrected chi connectivity index (χ1v) is 11.7. The topological polar surface area (TPSA) is 138 Å². The fourth-order valence-electron chi connectivity index (χ4n) is 3.42. The molecule has 1 aromatic carbocycles. The minimum absolute atomic E-state index is 0.00424. The summed E-state index contributed by atoms with van der Waals surface area (Å²) in [6.45, 7) is -0.0834. The molecule has 0 bridgehead atoms. The van der Waals surface area contributed by atoms with Gasteiger partial charge in [0.05, 0.1) is 11.3 Å². The molecule has 0 radical (unpaired) electrons. The van der Waals surface area contributed by atoms with Crippen molar-refractivity contribution in [2.45, 2.75) is 37.4 Å². The van der Waals surface area contributed by atoms with E-state index in [1.54, 1.807) is 12.1 Å². The second kappa shape index (κ2) is 9.57. The zero-order valence-electron chi connectivity index (χ0n) is 17.0. The summed E-state index contributed by atoms with van der Waals surface area (Å²) in [4.78, 5) is 25.6. The number of ether oxygens (including phenoxy) is 1. The van der Waals surface area contributed by atoms with Crippen LogP contribution in [0.3, 0.4) is 0 Å². The SMILES string of the molecule is NC(=O)c1c(NC(=O)CSc2nnc(COc3ccccc3F)n2N)sc2c1CCCC2. The van der Waals surface area contributed by atoms with Gasteiger partial charge in [-0.25, -0.2) is 9.07 Å². The number of nitrogens with one attached hydrogen (secondary N) is 1. The van der Waals surface area contributed by atoms with E-state index in [0.717, 1.165) is 47.9 Å². The number of nitrogens with zero attached hydrogens (tertiary/aromatic N) is 3. The summed E-state index contributed by atoms with van der Waals surface area (Å²) >= 11 is 2.49. The van der Waals surface area contributed by atoms with Crippen molar-refractivity contribution in [2.24, 2.45) is 5.73 Å². The monoisotopic (exact) mass is 476 g/mol. The minimum atomic E-state index is -0.534. The van der Waals surface area contributed by atoms with Gasteiger partial charge >= 0.3 is 0 Å². The first kappa shape index (κ1) is 22.1. The Morgan fingerprint density at radius 2 is 2.03 bits per heavy atom. The van der Waals surface area contributed by atoms with Crippen LogP contribution >= 0.6 is 23.1 Å². The van der Waals surface area contributed by atoms with Crippen LogP contribution in [0.15, 0.2) is 29.4 Å². The molecule has 12 heteroatoms.